The van der Waals surface area contributed by atoms with E-state index in [1.807, 2.05) is 0 Å². The van der Waals surface area contributed by atoms with E-state index in [2.05, 4.69) is 4.99 Å². The van der Waals surface area contributed by atoms with E-state index in [0.717, 1.165) is 0 Å². The molecule has 28 heavy (non-hydrogen) atoms. The van der Waals surface area contributed by atoms with Crippen LogP contribution >= 0.6 is 11.6 Å². The van der Waals surface area contributed by atoms with E-state index in [0.29, 0.717) is 33.5 Å². The summed E-state index contributed by atoms with van der Waals surface area (Å²) in [5, 5.41) is 12.4. The number of aliphatic imine (C=N–C) groups is 1. The molecule has 1 aliphatic heterocycles. The number of rotatable bonds is 3. The van der Waals surface area contributed by atoms with Crippen molar-refractivity contribution in [2.75, 3.05) is 11.5 Å². The number of benzene rings is 2. The normalized spacial score (nSPS) is 18.8. The molecule has 0 amide bonds. The van der Waals surface area contributed by atoms with Crippen molar-refractivity contribution in [2.45, 2.75) is 12.5 Å². The molecule has 1 saturated heterocycles. The van der Waals surface area contributed by atoms with Gasteiger partial charge in [-0.25, -0.2) is 13.0 Å². The molecule has 0 unspecified atom stereocenters. The molecule has 0 spiro atoms. The lowest BCUT2D eigenvalue weighted by Gasteiger charge is -2.14. The standard InChI is InChI=1S/C20H17ClN2O4S/c21-13-5-7-15(8-6-13)23-19(24)17-4-2-1-3-16(17)18(20(23)25)11-22-14-9-10-28(26,27)12-14/h1-8,11,14,25H,9-10,12H2/t14-/m0/s1. The average Bonchev–Trinajstić information content (AvgIpc) is 3.02. The van der Waals surface area contributed by atoms with Gasteiger partial charge in [0.2, 0.25) is 5.88 Å². The lowest BCUT2D eigenvalue weighted by molar-refractivity contribution is 0.436. The smallest absolute Gasteiger partial charge is 0.265 e. The SMILES string of the molecule is O=c1c2ccccc2c(C=N[C@H]2CCS(=O)(=O)C2)c(O)n1-c1ccc(Cl)cc1. The number of sulfone groups is 1. The van der Waals surface area contributed by atoms with E-state index < -0.39 is 9.84 Å². The van der Waals surface area contributed by atoms with Gasteiger partial charge in [0.25, 0.3) is 5.56 Å². The number of aromatic nitrogens is 1. The summed E-state index contributed by atoms with van der Waals surface area (Å²) in [7, 11) is -3.06. The predicted molar refractivity (Wildman–Crippen MR) is 111 cm³/mol. The molecule has 2 aromatic carbocycles. The van der Waals surface area contributed by atoms with Crippen LogP contribution in [0.15, 0.2) is 58.3 Å². The topological polar surface area (TPSA) is 88.7 Å². The third-order valence-corrected chi connectivity index (χ3v) is 6.81. The first-order chi connectivity index (χ1) is 13.4. The van der Waals surface area contributed by atoms with E-state index in [9.17, 15) is 18.3 Å². The predicted octanol–water partition coefficient (Wildman–Crippen LogP) is 2.96. The van der Waals surface area contributed by atoms with Crippen molar-refractivity contribution >= 4 is 38.4 Å². The van der Waals surface area contributed by atoms with Crippen molar-refractivity contribution in [3.8, 4) is 11.6 Å². The first-order valence-electron chi connectivity index (χ1n) is 8.72. The van der Waals surface area contributed by atoms with Gasteiger partial charge in [-0.3, -0.25) is 9.79 Å². The molecule has 1 aliphatic rings. The molecule has 144 valence electrons. The summed E-state index contributed by atoms with van der Waals surface area (Å²) in [6.07, 6.45) is 1.92. The lowest BCUT2D eigenvalue weighted by atomic mass is 10.1. The zero-order valence-corrected chi connectivity index (χ0v) is 16.3. The van der Waals surface area contributed by atoms with Gasteiger partial charge in [0.05, 0.1) is 28.8 Å². The number of fused-ring (bicyclic) bond motifs is 1. The summed E-state index contributed by atoms with van der Waals surface area (Å²) in [6.45, 7) is 0. The van der Waals surface area contributed by atoms with Crippen molar-refractivity contribution in [1.29, 1.82) is 0 Å². The highest BCUT2D eigenvalue weighted by molar-refractivity contribution is 7.91. The molecule has 2 heterocycles. The highest BCUT2D eigenvalue weighted by Crippen LogP contribution is 2.27. The highest BCUT2D eigenvalue weighted by atomic mass is 35.5. The second-order valence-electron chi connectivity index (χ2n) is 6.73. The highest BCUT2D eigenvalue weighted by Gasteiger charge is 2.27. The van der Waals surface area contributed by atoms with Gasteiger partial charge in [0.15, 0.2) is 9.84 Å². The van der Waals surface area contributed by atoms with Gasteiger partial charge in [-0.2, -0.15) is 0 Å². The van der Waals surface area contributed by atoms with Crippen molar-refractivity contribution in [3.63, 3.8) is 0 Å². The van der Waals surface area contributed by atoms with Gasteiger partial charge in [0.1, 0.15) is 0 Å². The van der Waals surface area contributed by atoms with Crippen LogP contribution < -0.4 is 5.56 Å². The Hall–Kier alpha value is -2.64. The summed E-state index contributed by atoms with van der Waals surface area (Å²) in [6, 6.07) is 13.1. The Bertz CT molecular complexity index is 1250. The third kappa shape index (κ3) is 3.43. The molecular weight excluding hydrogens is 400 g/mol. The Kier molecular flexibility index (Phi) is 4.72. The van der Waals surface area contributed by atoms with Gasteiger partial charge in [-0.1, -0.05) is 29.8 Å². The van der Waals surface area contributed by atoms with Crippen LogP contribution in [0.3, 0.4) is 0 Å². The number of halogens is 1. The minimum absolute atomic E-state index is 0.000974. The summed E-state index contributed by atoms with van der Waals surface area (Å²) < 4.78 is 24.5. The van der Waals surface area contributed by atoms with E-state index >= 15 is 0 Å². The zero-order valence-electron chi connectivity index (χ0n) is 14.7. The molecule has 1 N–H and O–H groups in total. The van der Waals surface area contributed by atoms with E-state index in [1.165, 1.54) is 10.8 Å². The Labute approximate surface area is 166 Å². The number of nitrogens with zero attached hydrogens (tertiary/aromatic N) is 2. The Morgan fingerprint density at radius 2 is 1.79 bits per heavy atom. The first kappa shape index (κ1) is 18.7. The number of hydrogen-bond donors (Lipinski definition) is 1. The van der Waals surface area contributed by atoms with Crippen LogP contribution in [-0.2, 0) is 9.84 Å². The van der Waals surface area contributed by atoms with Crippen LogP contribution in [0.4, 0.5) is 0 Å². The van der Waals surface area contributed by atoms with E-state index in [4.69, 9.17) is 11.6 Å². The van der Waals surface area contributed by atoms with Crippen LogP contribution in [0.1, 0.15) is 12.0 Å². The third-order valence-electron chi connectivity index (χ3n) is 4.81. The maximum Gasteiger partial charge on any atom is 0.265 e. The fourth-order valence-electron chi connectivity index (χ4n) is 3.39. The average molecular weight is 417 g/mol. The summed E-state index contributed by atoms with van der Waals surface area (Å²) >= 11 is 5.93. The van der Waals surface area contributed by atoms with Gasteiger partial charge >= 0.3 is 0 Å². The molecule has 3 aromatic rings. The summed E-state index contributed by atoms with van der Waals surface area (Å²) in [5.74, 6) is -0.138. The second-order valence-corrected chi connectivity index (χ2v) is 9.40. The molecule has 6 nitrogen and oxygen atoms in total. The minimum Gasteiger partial charge on any atom is -0.494 e. The number of aromatic hydroxyl groups is 1. The monoisotopic (exact) mass is 416 g/mol. The fourth-order valence-corrected chi connectivity index (χ4v) is 5.15. The van der Waals surface area contributed by atoms with E-state index in [1.54, 1.807) is 48.5 Å². The van der Waals surface area contributed by atoms with Crippen LogP contribution in [0.2, 0.25) is 5.02 Å². The maximum atomic E-state index is 13.0. The van der Waals surface area contributed by atoms with Crippen LogP contribution in [-0.4, -0.2) is 41.9 Å². The molecule has 1 fully saturated rings. The van der Waals surface area contributed by atoms with Gasteiger partial charge < -0.3 is 5.11 Å². The Balaban J connectivity index is 1.90. The molecule has 0 radical (unpaired) electrons. The van der Waals surface area contributed by atoms with Crippen molar-refractivity contribution in [2.24, 2.45) is 4.99 Å². The fraction of sp³-hybridized carbons (Fsp3) is 0.200. The number of hydrogen-bond acceptors (Lipinski definition) is 5. The second kappa shape index (κ2) is 7.07. The summed E-state index contributed by atoms with van der Waals surface area (Å²) in [5.41, 5.74) is 0.473. The minimum atomic E-state index is -3.06. The maximum absolute atomic E-state index is 13.0. The van der Waals surface area contributed by atoms with Gasteiger partial charge in [-0.05, 0) is 36.8 Å². The molecule has 1 atom stereocenters. The molecule has 0 aliphatic carbocycles. The van der Waals surface area contributed by atoms with Gasteiger partial charge in [0, 0.05) is 22.0 Å². The largest absolute Gasteiger partial charge is 0.494 e. The molecular formula is C20H17ClN2O4S. The van der Waals surface area contributed by atoms with Gasteiger partial charge in [-0.15, -0.1) is 0 Å². The Morgan fingerprint density at radius 3 is 2.43 bits per heavy atom. The van der Waals surface area contributed by atoms with Crippen LogP contribution in [0, 0.1) is 0 Å². The zero-order chi connectivity index (χ0) is 19.9. The van der Waals surface area contributed by atoms with Crippen LogP contribution in [0.5, 0.6) is 5.88 Å². The Morgan fingerprint density at radius 1 is 1.11 bits per heavy atom. The molecule has 0 bridgehead atoms. The lowest BCUT2D eigenvalue weighted by Crippen LogP contribution is -2.20. The quantitative estimate of drug-likeness (QED) is 0.665. The number of pyridine rings is 1. The van der Waals surface area contributed by atoms with E-state index in [-0.39, 0.29) is 29.0 Å². The molecule has 1 aromatic heterocycles. The van der Waals surface area contributed by atoms with Crippen molar-refractivity contribution < 1.29 is 13.5 Å². The van der Waals surface area contributed by atoms with Crippen LogP contribution in [0.25, 0.3) is 16.5 Å². The first-order valence-corrected chi connectivity index (χ1v) is 10.9. The molecule has 0 saturated carbocycles. The molecule has 8 heteroatoms. The molecule has 4 rings (SSSR count). The summed E-state index contributed by atoms with van der Waals surface area (Å²) in [4.78, 5) is 17.4. The van der Waals surface area contributed by atoms with Crippen molar-refractivity contribution in [1.82, 2.24) is 4.57 Å². The van der Waals surface area contributed by atoms with Crippen molar-refractivity contribution in [3.05, 3.63) is 69.5 Å².